The van der Waals surface area contributed by atoms with Gasteiger partial charge >= 0.3 is 0 Å². The van der Waals surface area contributed by atoms with Crippen LogP contribution in [0, 0.1) is 0 Å². The van der Waals surface area contributed by atoms with Crippen molar-refractivity contribution in [2.45, 2.75) is 19.9 Å². The van der Waals surface area contributed by atoms with Crippen molar-refractivity contribution in [2.24, 2.45) is 0 Å². The highest BCUT2D eigenvalue weighted by Gasteiger charge is 2.09. The third kappa shape index (κ3) is 4.41. The van der Waals surface area contributed by atoms with E-state index in [1.165, 1.54) is 22.3 Å². The van der Waals surface area contributed by atoms with Gasteiger partial charge in [-0.25, -0.2) is 0 Å². The third-order valence-electron chi connectivity index (χ3n) is 4.11. The molecule has 26 heavy (non-hydrogen) atoms. The number of halogens is 1. The second-order valence-corrected chi connectivity index (χ2v) is 6.45. The lowest BCUT2D eigenvalue weighted by molar-refractivity contribution is 0.102. The summed E-state index contributed by atoms with van der Waals surface area (Å²) in [7, 11) is 0. The Balaban J connectivity index is 1.79. The van der Waals surface area contributed by atoms with Gasteiger partial charge < -0.3 is 9.88 Å². The van der Waals surface area contributed by atoms with Gasteiger partial charge in [-0.3, -0.25) is 9.59 Å². The summed E-state index contributed by atoms with van der Waals surface area (Å²) >= 11 is 5.99. The van der Waals surface area contributed by atoms with Crippen molar-refractivity contribution in [3.8, 4) is 0 Å². The first-order valence-corrected chi connectivity index (χ1v) is 8.78. The largest absolute Gasteiger partial charge is 0.322 e. The number of rotatable bonds is 5. The minimum atomic E-state index is -0.255. The van der Waals surface area contributed by atoms with Gasteiger partial charge in [-0.15, -0.1) is 0 Å². The SMILES string of the molecule is CCc1ccc(NC(=O)c2ccc(=O)n(Cc3cccc(Cl)c3)c2)cc1. The lowest BCUT2D eigenvalue weighted by Crippen LogP contribution is -2.22. The Kier molecular flexibility index (Phi) is 5.54. The zero-order valence-corrected chi connectivity index (χ0v) is 15.2. The Labute approximate surface area is 157 Å². The number of aryl methyl sites for hydroxylation is 1. The number of pyridine rings is 1. The van der Waals surface area contributed by atoms with E-state index in [0.29, 0.717) is 17.1 Å². The molecule has 0 spiro atoms. The molecular weight excluding hydrogens is 348 g/mol. The van der Waals surface area contributed by atoms with Crippen molar-refractivity contribution >= 4 is 23.2 Å². The molecule has 5 heteroatoms. The highest BCUT2D eigenvalue weighted by atomic mass is 35.5. The Hall–Kier alpha value is -2.85. The van der Waals surface area contributed by atoms with Gasteiger partial charge in [-0.1, -0.05) is 42.8 Å². The fourth-order valence-corrected chi connectivity index (χ4v) is 2.86. The molecule has 0 fully saturated rings. The van der Waals surface area contributed by atoms with Crippen LogP contribution in [0.4, 0.5) is 5.69 Å². The number of aromatic nitrogens is 1. The Morgan fingerprint density at radius 2 is 1.81 bits per heavy atom. The van der Waals surface area contributed by atoms with Gasteiger partial charge in [0.1, 0.15) is 0 Å². The van der Waals surface area contributed by atoms with Gasteiger partial charge in [0.2, 0.25) is 0 Å². The molecule has 0 aliphatic carbocycles. The first kappa shape index (κ1) is 18.0. The highest BCUT2D eigenvalue weighted by molar-refractivity contribution is 6.30. The number of benzene rings is 2. The molecular formula is C21H19ClN2O2. The van der Waals surface area contributed by atoms with Crippen LogP contribution in [0.5, 0.6) is 0 Å². The Bertz CT molecular complexity index is 978. The fraction of sp³-hybridized carbons (Fsp3) is 0.143. The standard InChI is InChI=1S/C21H19ClN2O2/c1-2-15-6-9-19(10-7-15)23-21(26)17-8-11-20(25)24(14-17)13-16-4-3-5-18(22)12-16/h3-12,14H,2,13H2,1H3,(H,23,26). The van der Waals surface area contributed by atoms with E-state index in [1.54, 1.807) is 18.3 Å². The monoisotopic (exact) mass is 366 g/mol. The van der Waals surface area contributed by atoms with Crippen LogP contribution in [-0.4, -0.2) is 10.5 Å². The van der Waals surface area contributed by atoms with E-state index in [-0.39, 0.29) is 11.5 Å². The summed E-state index contributed by atoms with van der Waals surface area (Å²) in [4.78, 5) is 24.6. The average Bonchev–Trinajstić information content (AvgIpc) is 2.64. The van der Waals surface area contributed by atoms with Gasteiger partial charge in [0.25, 0.3) is 11.5 Å². The average molecular weight is 367 g/mol. The lowest BCUT2D eigenvalue weighted by atomic mass is 10.1. The van der Waals surface area contributed by atoms with Crippen LogP contribution < -0.4 is 10.9 Å². The molecule has 0 unspecified atom stereocenters. The summed E-state index contributed by atoms with van der Waals surface area (Å²) in [5.74, 6) is -0.255. The van der Waals surface area contributed by atoms with E-state index in [4.69, 9.17) is 11.6 Å². The third-order valence-corrected chi connectivity index (χ3v) is 4.34. The number of hydrogen-bond donors (Lipinski definition) is 1. The van der Waals surface area contributed by atoms with Gasteiger partial charge in [0, 0.05) is 23.0 Å². The van der Waals surface area contributed by atoms with Crippen molar-refractivity contribution in [1.29, 1.82) is 0 Å². The molecule has 0 radical (unpaired) electrons. The summed E-state index contributed by atoms with van der Waals surface area (Å²) in [5, 5.41) is 3.46. The molecule has 132 valence electrons. The van der Waals surface area contributed by atoms with Crippen LogP contribution in [0.15, 0.2) is 71.7 Å². The summed E-state index contributed by atoms with van der Waals surface area (Å²) < 4.78 is 1.50. The summed E-state index contributed by atoms with van der Waals surface area (Å²) in [6, 6.07) is 18.0. The predicted molar refractivity (Wildman–Crippen MR) is 105 cm³/mol. The zero-order valence-electron chi connectivity index (χ0n) is 14.4. The Morgan fingerprint density at radius 1 is 1.04 bits per heavy atom. The number of amides is 1. The van der Waals surface area contributed by atoms with Crippen LogP contribution in [0.25, 0.3) is 0 Å². The highest BCUT2D eigenvalue weighted by Crippen LogP contribution is 2.13. The van der Waals surface area contributed by atoms with E-state index >= 15 is 0 Å². The molecule has 3 aromatic rings. The van der Waals surface area contributed by atoms with E-state index in [1.807, 2.05) is 36.4 Å². The van der Waals surface area contributed by atoms with E-state index in [0.717, 1.165) is 17.7 Å². The van der Waals surface area contributed by atoms with Crippen molar-refractivity contribution in [2.75, 3.05) is 5.32 Å². The van der Waals surface area contributed by atoms with Crippen molar-refractivity contribution in [1.82, 2.24) is 4.57 Å². The molecule has 1 aromatic heterocycles. The van der Waals surface area contributed by atoms with Crippen LogP contribution in [-0.2, 0) is 13.0 Å². The molecule has 0 bridgehead atoms. The summed E-state index contributed by atoms with van der Waals surface area (Å²) in [6.45, 7) is 2.43. The zero-order chi connectivity index (χ0) is 18.5. The quantitative estimate of drug-likeness (QED) is 0.729. The van der Waals surface area contributed by atoms with Gasteiger partial charge in [-0.05, 0) is 47.9 Å². The minimum absolute atomic E-state index is 0.172. The number of nitrogens with zero attached hydrogens (tertiary/aromatic N) is 1. The summed E-state index contributed by atoms with van der Waals surface area (Å²) in [5.41, 5.74) is 3.07. The van der Waals surface area contributed by atoms with Crippen molar-refractivity contribution in [3.63, 3.8) is 0 Å². The molecule has 1 N–H and O–H groups in total. The summed E-state index contributed by atoms with van der Waals surface area (Å²) in [6.07, 6.45) is 2.52. The smallest absolute Gasteiger partial charge is 0.257 e. The van der Waals surface area contributed by atoms with E-state index < -0.39 is 0 Å². The number of anilines is 1. The first-order valence-electron chi connectivity index (χ1n) is 8.40. The fourth-order valence-electron chi connectivity index (χ4n) is 2.65. The van der Waals surface area contributed by atoms with Crippen LogP contribution >= 0.6 is 11.6 Å². The maximum absolute atomic E-state index is 12.5. The van der Waals surface area contributed by atoms with E-state index in [9.17, 15) is 9.59 Å². The molecule has 1 amide bonds. The number of carbonyl (C=O) groups is 1. The topological polar surface area (TPSA) is 51.1 Å². The minimum Gasteiger partial charge on any atom is -0.322 e. The molecule has 0 saturated heterocycles. The molecule has 0 aliphatic heterocycles. The van der Waals surface area contributed by atoms with E-state index in [2.05, 4.69) is 12.2 Å². The van der Waals surface area contributed by atoms with Crippen LogP contribution in [0.2, 0.25) is 5.02 Å². The lowest BCUT2D eigenvalue weighted by Gasteiger charge is -2.10. The van der Waals surface area contributed by atoms with Gasteiger partial charge in [0.05, 0.1) is 12.1 Å². The van der Waals surface area contributed by atoms with Crippen LogP contribution in [0.1, 0.15) is 28.4 Å². The van der Waals surface area contributed by atoms with Crippen LogP contribution in [0.3, 0.4) is 0 Å². The second-order valence-electron chi connectivity index (χ2n) is 6.02. The van der Waals surface area contributed by atoms with Crippen molar-refractivity contribution < 1.29 is 4.79 Å². The first-order chi connectivity index (χ1) is 12.5. The number of hydrogen-bond acceptors (Lipinski definition) is 2. The second kappa shape index (κ2) is 8.02. The molecule has 3 rings (SSSR count). The number of nitrogens with one attached hydrogen (secondary N) is 1. The molecule has 0 atom stereocenters. The van der Waals surface area contributed by atoms with Gasteiger partial charge in [-0.2, -0.15) is 0 Å². The maximum atomic E-state index is 12.5. The molecule has 4 nitrogen and oxygen atoms in total. The van der Waals surface area contributed by atoms with Gasteiger partial charge in [0.15, 0.2) is 0 Å². The number of carbonyl (C=O) groups excluding carboxylic acids is 1. The molecule has 1 heterocycles. The Morgan fingerprint density at radius 3 is 2.50 bits per heavy atom. The maximum Gasteiger partial charge on any atom is 0.257 e. The molecule has 0 aliphatic rings. The normalized spacial score (nSPS) is 10.5. The molecule has 2 aromatic carbocycles. The van der Waals surface area contributed by atoms with Crippen molar-refractivity contribution in [3.05, 3.63) is 98.9 Å². The molecule has 0 saturated carbocycles. The predicted octanol–water partition coefficient (Wildman–Crippen LogP) is 4.36.